The van der Waals surface area contributed by atoms with Crippen LogP contribution in [0.1, 0.15) is 51.2 Å². The van der Waals surface area contributed by atoms with Crippen molar-refractivity contribution in [3.63, 3.8) is 0 Å². The molecule has 0 bridgehead atoms. The lowest BCUT2D eigenvalue weighted by Crippen LogP contribution is -1.96. The largest absolute Gasteiger partial charge is 0.0885 e. The summed E-state index contributed by atoms with van der Waals surface area (Å²) in [7, 11) is 0. The molecule has 0 nitrogen and oxygen atoms in total. The number of hydrogen-bond donors (Lipinski definition) is 0. The van der Waals surface area contributed by atoms with Crippen LogP contribution in [0.15, 0.2) is 36.4 Å². The summed E-state index contributed by atoms with van der Waals surface area (Å²) in [5.41, 5.74) is 2.87. The van der Waals surface area contributed by atoms with Crippen LogP contribution < -0.4 is 0 Å². The van der Waals surface area contributed by atoms with Gasteiger partial charge in [-0.2, -0.15) is 0 Å². The van der Waals surface area contributed by atoms with Crippen LogP contribution in [-0.2, 0) is 6.42 Å². The second-order valence-corrected chi connectivity index (χ2v) is 4.91. The topological polar surface area (TPSA) is 0 Å². The third-order valence-corrected chi connectivity index (χ3v) is 2.90. The molecule has 0 N–H and O–H groups in total. The van der Waals surface area contributed by atoms with Crippen LogP contribution in [0.5, 0.6) is 0 Å². The minimum absolute atomic E-state index is 0.631. The SMILES string of the molecule is CC/C=C\C(C)Cc1ccc(C(C)C)cc1. The summed E-state index contributed by atoms with van der Waals surface area (Å²) in [4.78, 5) is 0. The molecule has 0 heteroatoms. The van der Waals surface area contributed by atoms with E-state index < -0.39 is 0 Å². The minimum atomic E-state index is 0.631. The van der Waals surface area contributed by atoms with Crippen LogP contribution in [0.25, 0.3) is 0 Å². The lowest BCUT2D eigenvalue weighted by atomic mass is 9.97. The average Bonchev–Trinajstić information content (AvgIpc) is 2.27. The molecule has 1 atom stereocenters. The van der Waals surface area contributed by atoms with Crippen molar-refractivity contribution in [3.05, 3.63) is 47.5 Å². The molecule has 0 radical (unpaired) electrons. The summed E-state index contributed by atoms with van der Waals surface area (Å²) in [6, 6.07) is 9.06. The maximum absolute atomic E-state index is 2.32. The van der Waals surface area contributed by atoms with E-state index in [0.29, 0.717) is 11.8 Å². The van der Waals surface area contributed by atoms with E-state index in [1.165, 1.54) is 11.1 Å². The van der Waals surface area contributed by atoms with Crippen molar-refractivity contribution in [2.24, 2.45) is 5.92 Å². The molecule has 1 aromatic carbocycles. The highest BCUT2D eigenvalue weighted by atomic mass is 14.1. The molecule has 0 heterocycles. The van der Waals surface area contributed by atoms with Crippen LogP contribution in [-0.4, -0.2) is 0 Å². The van der Waals surface area contributed by atoms with E-state index in [1.54, 1.807) is 0 Å². The molecule has 0 amide bonds. The highest BCUT2D eigenvalue weighted by molar-refractivity contribution is 5.25. The molecule has 1 aromatic rings. The van der Waals surface area contributed by atoms with Gasteiger partial charge in [0.05, 0.1) is 0 Å². The van der Waals surface area contributed by atoms with Crippen LogP contribution >= 0.6 is 0 Å². The van der Waals surface area contributed by atoms with Gasteiger partial charge in [0.15, 0.2) is 0 Å². The number of benzene rings is 1. The number of rotatable bonds is 5. The first kappa shape index (κ1) is 13.0. The fraction of sp³-hybridized carbons (Fsp3) is 0.500. The van der Waals surface area contributed by atoms with Gasteiger partial charge in [0.25, 0.3) is 0 Å². The Bertz CT molecular complexity index is 316. The molecule has 1 rings (SSSR count). The maximum atomic E-state index is 2.32. The Hall–Kier alpha value is -1.04. The van der Waals surface area contributed by atoms with E-state index in [9.17, 15) is 0 Å². The van der Waals surface area contributed by atoms with Crippen LogP contribution in [0.3, 0.4) is 0 Å². The second kappa shape index (κ2) is 6.52. The summed E-state index contributed by atoms with van der Waals surface area (Å²) in [6.07, 6.45) is 6.86. The molecular formula is C16H24. The quantitative estimate of drug-likeness (QED) is 0.611. The van der Waals surface area contributed by atoms with Crippen molar-refractivity contribution in [2.45, 2.75) is 46.5 Å². The van der Waals surface area contributed by atoms with Gasteiger partial charge >= 0.3 is 0 Å². The Balaban J connectivity index is 2.58. The molecule has 0 saturated heterocycles. The lowest BCUT2D eigenvalue weighted by Gasteiger charge is -2.09. The zero-order valence-corrected chi connectivity index (χ0v) is 11.0. The zero-order chi connectivity index (χ0) is 12.0. The van der Waals surface area contributed by atoms with E-state index in [0.717, 1.165) is 12.8 Å². The zero-order valence-electron chi connectivity index (χ0n) is 11.0. The highest BCUT2D eigenvalue weighted by Crippen LogP contribution is 2.17. The predicted octanol–water partition coefficient (Wildman–Crippen LogP) is 4.95. The van der Waals surface area contributed by atoms with Gasteiger partial charge in [-0.25, -0.2) is 0 Å². The van der Waals surface area contributed by atoms with Gasteiger partial charge < -0.3 is 0 Å². The van der Waals surface area contributed by atoms with Gasteiger partial charge in [0.1, 0.15) is 0 Å². The van der Waals surface area contributed by atoms with Gasteiger partial charge in [-0.05, 0) is 35.8 Å². The van der Waals surface area contributed by atoms with E-state index in [-0.39, 0.29) is 0 Å². The molecule has 0 spiro atoms. The van der Waals surface area contributed by atoms with Crippen LogP contribution in [0, 0.1) is 5.92 Å². The normalized spacial score (nSPS) is 13.6. The summed E-state index contributed by atoms with van der Waals surface area (Å²) in [5.74, 6) is 1.27. The highest BCUT2D eigenvalue weighted by Gasteiger charge is 2.01. The van der Waals surface area contributed by atoms with Crippen molar-refractivity contribution in [1.82, 2.24) is 0 Å². The van der Waals surface area contributed by atoms with Gasteiger partial charge in [-0.3, -0.25) is 0 Å². The minimum Gasteiger partial charge on any atom is -0.0885 e. The second-order valence-electron chi connectivity index (χ2n) is 4.91. The van der Waals surface area contributed by atoms with Crippen molar-refractivity contribution in [1.29, 1.82) is 0 Å². The monoisotopic (exact) mass is 216 g/mol. The number of hydrogen-bond acceptors (Lipinski definition) is 0. The Morgan fingerprint density at radius 1 is 1.06 bits per heavy atom. The van der Waals surface area contributed by atoms with E-state index >= 15 is 0 Å². The molecule has 88 valence electrons. The average molecular weight is 216 g/mol. The van der Waals surface area contributed by atoms with Crippen molar-refractivity contribution in [3.8, 4) is 0 Å². The fourth-order valence-electron chi connectivity index (χ4n) is 1.85. The molecule has 0 aromatic heterocycles. The summed E-state index contributed by atoms with van der Waals surface area (Å²) in [6.45, 7) is 8.94. The summed E-state index contributed by atoms with van der Waals surface area (Å²) < 4.78 is 0. The van der Waals surface area contributed by atoms with E-state index in [1.807, 2.05) is 0 Å². The Labute approximate surface area is 100 Å². The van der Waals surface area contributed by atoms with E-state index in [2.05, 4.69) is 64.1 Å². The smallest absolute Gasteiger partial charge is 0.0218 e. The van der Waals surface area contributed by atoms with Crippen molar-refractivity contribution in [2.75, 3.05) is 0 Å². The Morgan fingerprint density at radius 2 is 1.69 bits per heavy atom. The van der Waals surface area contributed by atoms with E-state index in [4.69, 9.17) is 0 Å². The molecule has 0 saturated carbocycles. The van der Waals surface area contributed by atoms with Gasteiger partial charge in [0, 0.05) is 0 Å². The standard InChI is InChI=1S/C16H24/c1-5-6-7-14(4)12-15-8-10-16(11-9-15)13(2)3/h6-11,13-14H,5,12H2,1-4H3/b7-6-. The first-order valence-electron chi connectivity index (χ1n) is 6.39. The van der Waals surface area contributed by atoms with Crippen LogP contribution in [0.2, 0.25) is 0 Å². The molecule has 0 aliphatic heterocycles. The first-order chi connectivity index (χ1) is 7.63. The summed E-state index contributed by atoms with van der Waals surface area (Å²) >= 11 is 0. The lowest BCUT2D eigenvalue weighted by molar-refractivity contribution is 0.719. The molecule has 0 aliphatic carbocycles. The molecule has 16 heavy (non-hydrogen) atoms. The molecule has 0 fully saturated rings. The predicted molar refractivity (Wildman–Crippen MR) is 72.8 cm³/mol. The molecule has 0 aliphatic rings. The fourth-order valence-corrected chi connectivity index (χ4v) is 1.85. The first-order valence-corrected chi connectivity index (χ1v) is 6.39. The Kier molecular flexibility index (Phi) is 5.31. The number of allylic oxidation sites excluding steroid dienone is 2. The van der Waals surface area contributed by atoms with Crippen molar-refractivity contribution >= 4 is 0 Å². The van der Waals surface area contributed by atoms with Gasteiger partial charge in [-0.1, -0.05) is 64.1 Å². The third kappa shape index (κ3) is 4.22. The Morgan fingerprint density at radius 3 is 2.19 bits per heavy atom. The maximum Gasteiger partial charge on any atom is -0.0218 e. The van der Waals surface area contributed by atoms with Gasteiger partial charge in [-0.15, -0.1) is 0 Å². The molecule has 1 unspecified atom stereocenters. The molecular weight excluding hydrogens is 192 g/mol. The summed E-state index contributed by atoms with van der Waals surface area (Å²) in [5, 5.41) is 0. The van der Waals surface area contributed by atoms with Gasteiger partial charge in [0.2, 0.25) is 0 Å². The van der Waals surface area contributed by atoms with Crippen LogP contribution in [0.4, 0.5) is 0 Å². The third-order valence-electron chi connectivity index (χ3n) is 2.90. The van der Waals surface area contributed by atoms with Crippen molar-refractivity contribution < 1.29 is 0 Å².